The van der Waals surface area contributed by atoms with Gasteiger partial charge in [-0.05, 0) is 25.3 Å². The van der Waals surface area contributed by atoms with E-state index < -0.39 is 0 Å². The number of aromatic nitrogens is 4. The van der Waals surface area contributed by atoms with E-state index in [4.69, 9.17) is 0 Å². The number of aryl methyl sites for hydroxylation is 1. The fourth-order valence-corrected chi connectivity index (χ4v) is 3.47. The highest BCUT2D eigenvalue weighted by atomic mass is 16.1. The standard InChI is InChI=1S/C19H22N6O/c1-14-10-17(25-19(23-14)21-13-22-25)24-9-5-8-16(12-24)18(26)20-11-15-6-3-2-4-7-15/h2-4,6-7,10,13,16H,5,8-9,11-12H2,1H3,(H,20,26). The number of anilines is 1. The number of carbonyl (C=O) groups is 1. The number of rotatable bonds is 4. The number of benzene rings is 1. The van der Waals surface area contributed by atoms with Crippen molar-refractivity contribution in [1.29, 1.82) is 0 Å². The Balaban J connectivity index is 1.47. The van der Waals surface area contributed by atoms with Gasteiger partial charge < -0.3 is 10.2 Å². The van der Waals surface area contributed by atoms with Crippen LogP contribution < -0.4 is 10.2 Å². The van der Waals surface area contributed by atoms with Gasteiger partial charge in [-0.3, -0.25) is 4.79 Å². The molecule has 2 aromatic heterocycles. The van der Waals surface area contributed by atoms with Crippen LogP contribution in [0.2, 0.25) is 0 Å². The number of fused-ring (bicyclic) bond motifs is 1. The summed E-state index contributed by atoms with van der Waals surface area (Å²) in [5.41, 5.74) is 2.01. The Kier molecular flexibility index (Phi) is 4.51. The predicted molar refractivity (Wildman–Crippen MR) is 98.7 cm³/mol. The van der Waals surface area contributed by atoms with Gasteiger partial charge >= 0.3 is 0 Å². The number of nitrogens with one attached hydrogen (secondary N) is 1. The van der Waals surface area contributed by atoms with E-state index in [0.29, 0.717) is 18.9 Å². The summed E-state index contributed by atoms with van der Waals surface area (Å²) in [7, 11) is 0. The molecular weight excluding hydrogens is 328 g/mol. The average Bonchev–Trinajstić information content (AvgIpc) is 3.14. The first kappa shape index (κ1) is 16.5. The lowest BCUT2D eigenvalue weighted by atomic mass is 9.97. The van der Waals surface area contributed by atoms with E-state index in [1.165, 1.54) is 6.33 Å². The molecule has 1 aliphatic heterocycles. The Labute approximate surface area is 152 Å². The fourth-order valence-electron chi connectivity index (χ4n) is 3.47. The van der Waals surface area contributed by atoms with Crippen molar-refractivity contribution in [2.45, 2.75) is 26.3 Å². The van der Waals surface area contributed by atoms with Crippen molar-refractivity contribution in [2.75, 3.05) is 18.0 Å². The minimum atomic E-state index is -0.0282. The number of hydrogen-bond acceptors (Lipinski definition) is 5. The van der Waals surface area contributed by atoms with Gasteiger partial charge in [0.25, 0.3) is 5.78 Å². The van der Waals surface area contributed by atoms with Crippen LogP contribution in [0.15, 0.2) is 42.7 Å². The number of piperidine rings is 1. The smallest absolute Gasteiger partial charge is 0.254 e. The van der Waals surface area contributed by atoms with Crippen molar-refractivity contribution in [3.63, 3.8) is 0 Å². The lowest BCUT2D eigenvalue weighted by molar-refractivity contribution is -0.125. The van der Waals surface area contributed by atoms with E-state index in [2.05, 4.69) is 25.3 Å². The maximum Gasteiger partial charge on any atom is 0.254 e. The van der Waals surface area contributed by atoms with Crippen LogP contribution in [0, 0.1) is 12.8 Å². The fraction of sp³-hybridized carbons (Fsp3) is 0.368. The maximum absolute atomic E-state index is 12.6. The normalized spacial score (nSPS) is 17.4. The van der Waals surface area contributed by atoms with E-state index in [-0.39, 0.29) is 11.8 Å². The molecule has 1 fully saturated rings. The Morgan fingerprint density at radius 2 is 2.15 bits per heavy atom. The summed E-state index contributed by atoms with van der Waals surface area (Å²) in [5, 5.41) is 7.35. The minimum absolute atomic E-state index is 0.0282. The van der Waals surface area contributed by atoms with Crippen LogP contribution in [0.25, 0.3) is 5.78 Å². The van der Waals surface area contributed by atoms with E-state index in [9.17, 15) is 4.79 Å². The van der Waals surface area contributed by atoms with Crippen LogP contribution in [0.5, 0.6) is 0 Å². The Morgan fingerprint density at radius 1 is 1.31 bits per heavy atom. The molecule has 0 spiro atoms. The van der Waals surface area contributed by atoms with Gasteiger partial charge in [-0.1, -0.05) is 30.3 Å². The molecule has 0 bridgehead atoms. The molecule has 1 aromatic carbocycles. The molecule has 1 aliphatic rings. The molecule has 26 heavy (non-hydrogen) atoms. The monoisotopic (exact) mass is 350 g/mol. The molecular formula is C19H22N6O. The second-order valence-electron chi connectivity index (χ2n) is 6.72. The SMILES string of the molecule is Cc1cc(N2CCCC(C(=O)NCc3ccccc3)C2)n2ncnc2n1. The lowest BCUT2D eigenvalue weighted by Gasteiger charge is -2.33. The summed E-state index contributed by atoms with van der Waals surface area (Å²) < 4.78 is 1.75. The Morgan fingerprint density at radius 3 is 3.00 bits per heavy atom. The van der Waals surface area contributed by atoms with Crippen molar-refractivity contribution in [3.05, 3.63) is 54.0 Å². The van der Waals surface area contributed by atoms with Crippen LogP contribution in [-0.4, -0.2) is 38.6 Å². The molecule has 1 unspecified atom stereocenters. The van der Waals surface area contributed by atoms with E-state index in [1.807, 2.05) is 43.3 Å². The second-order valence-corrected chi connectivity index (χ2v) is 6.72. The third-order valence-electron chi connectivity index (χ3n) is 4.79. The molecule has 3 aromatic rings. The van der Waals surface area contributed by atoms with Crippen molar-refractivity contribution in [3.8, 4) is 0 Å². The molecule has 1 atom stereocenters. The number of nitrogens with zero attached hydrogens (tertiary/aromatic N) is 5. The highest BCUT2D eigenvalue weighted by Crippen LogP contribution is 2.24. The van der Waals surface area contributed by atoms with Gasteiger partial charge in [-0.15, -0.1) is 0 Å². The molecule has 0 radical (unpaired) electrons. The van der Waals surface area contributed by atoms with Gasteiger partial charge in [0.15, 0.2) is 0 Å². The topological polar surface area (TPSA) is 75.4 Å². The summed E-state index contributed by atoms with van der Waals surface area (Å²) in [5.74, 6) is 1.62. The molecule has 1 N–H and O–H groups in total. The first-order valence-corrected chi connectivity index (χ1v) is 8.94. The summed E-state index contributed by atoms with van der Waals surface area (Å²) in [6.07, 6.45) is 3.39. The zero-order valence-electron chi connectivity index (χ0n) is 14.8. The first-order chi connectivity index (χ1) is 12.7. The van der Waals surface area contributed by atoms with E-state index in [1.54, 1.807) is 4.52 Å². The van der Waals surface area contributed by atoms with Crippen LogP contribution in [0.3, 0.4) is 0 Å². The van der Waals surface area contributed by atoms with Crippen LogP contribution in [0.4, 0.5) is 5.82 Å². The largest absolute Gasteiger partial charge is 0.356 e. The van der Waals surface area contributed by atoms with Crippen LogP contribution in [0.1, 0.15) is 24.1 Å². The van der Waals surface area contributed by atoms with Crippen molar-refractivity contribution in [2.24, 2.45) is 5.92 Å². The third-order valence-corrected chi connectivity index (χ3v) is 4.79. The molecule has 7 nitrogen and oxygen atoms in total. The molecule has 0 aliphatic carbocycles. The summed E-state index contributed by atoms with van der Waals surface area (Å²) in [6, 6.07) is 12.0. The van der Waals surface area contributed by atoms with E-state index in [0.717, 1.165) is 36.5 Å². The number of carbonyl (C=O) groups excluding carboxylic acids is 1. The predicted octanol–water partition coefficient (Wildman–Crippen LogP) is 1.97. The summed E-state index contributed by atoms with van der Waals surface area (Å²) in [4.78, 5) is 23.4. The van der Waals surface area contributed by atoms with Gasteiger partial charge in [0.1, 0.15) is 12.1 Å². The van der Waals surface area contributed by atoms with Gasteiger partial charge in [-0.25, -0.2) is 4.98 Å². The minimum Gasteiger partial charge on any atom is -0.356 e. The van der Waals surface area contributed by atoms with Gasteiger partial charge in [-0.2, -0.15) is 14.6 Å². The Hall–Kier alpha value is -2.96. The van der Waals surface area contributed by atoms with Crippen molar-refractivity contribution < 1.29 is 4.79 Å². The lowest BCUT2D eigenvalue weighted by Crippen LogP contribution is -2.43. The maximum atomic E-state index is 12.6. The molecule has 3 heterocycles. The first-order valence-electron chi connectivity index (χ1n) is 8.94. The van der Waals surface area contributed by atoms with Crippen LogP contribution >= 0.6 is 0 Å². The highest BCUT2D eigenvalue weighted by molar-refractivity contribution is 5.79. The summed E-state index contributed by atoms with van der Waals surface area (Å²) >= 11 is 0. The average molecular weight is 350 g/mol. The van der Waals surface area contributed by atoms with Gasteiger partial charge in [0, 0.05) is 31.4 Å². The third kappa shape index (κ3) is 3.37. The highest BCUT2D eigenvalue weighted by Gasteiger charge is 2.27. The van der Waals surface area contributed by atoms with Gasteiger partial charge in [0.2, 0.25) is 5.91 Å². The zero-order chi connectivity index (χ0) is 17.9. The van der Waals surface area contributed by atoms with Crippen LogP contribution in [-0.2, 0) is 11.3 Å². The zero-order valence-corrected chi connectivity index (χ0v) is 14.8. The van der Waals surface area contributed by atoms with Crippen molar-refractivity contribution in [1.82, 2.24) is 24.9 Å². The molecule has 7 heteroatoms. The molecule has 1 amide bonds. The molecule has 4 rings (SSSR count). The van der Waals surface area contributed by atoms with Crippen molar-refractivity contribution >= 4 is 17.5 Å². The molecule has 134 valence electrons. The van der Waals surface area contributed by atoms with E-state index >= 15 is 0 Å². The molecule has 0 saturated carbocycles. The van der Waals surface area contributed by atoms with Gasteiger partial charge in [0.05, 0.1) is 5.92 Å². The number of amides is 1. The Bertz CT molecular complexity index is 907. The second kappa shape index (κ2) is 7.11. The summed E-state index contributed by atoms with van der Waals surface area (Å²) in [6.45, 7) is 4.10. The quantitative estimate of drug-likeness (QED) is 0.778. The number of hydrogen-bond donors (Lipinski definition) is 1. The molecule has 1 saturated heterocycles.